The highest BCUT2D eigenvalue weighted by molar-refractivity contribution is 5.73. The van der Waals surface area contributed by atoms with Gasteiger partial charge in [-0.05, 0) is 38.4 Å². The fourth-order valence-corrected chi connectivity index (χ4v) is 2.47. The van der Waals surface area contributed by atoms with Crippen LogP contribution in [0.4, 0.5) is 4.79 Å². The summed E-state index contributed by atoms with van der Waals surface area (Å²) in [5.41, 5.74) is 0.904. The SMILES string of the molecule is CC[C@H](CNC(=O)NCc1ccn[nH]1)N1CCCC1. The Labute approximate surface area is 113 Å². The molecule has 19 heavy (non-hydrogen) atoms. The maximum atomic E-state index is 11.7. The third kappa shape index (κ3) is 4.24. The highest BCUT2D eigenvalue weighted by Crippen LogP contribution is 2.13. The molecule has 106 valence electrons. The zero-order valence-corrected chi connectivity index (χ0v) is 11.5. The summed E-state index contributed by atoms with van der Waals surface area (Å²) in [4.78, 5) is 14.2. The number of amides is 2. The Morgan fingerprint density at radius 1 is 1.47 bits per heavy atom. The van der Waals surface area contributed by atoms with Gasteiger partial charge in [-0.1, -0.05) is 6.92 Å². The molecule has 0 saturated carbocycles. The minimum atomic E-state index is -0.118. The van der Waals surface area contributed by atoms with E-state index in [0.29, 0.717) is 19.1 Å². The molecule has 1 aromatic rings. The third-order valence-corrected chi connectivity index (χ3v) is 3.62. The predicted molar refractivity (Wildman–Crippen MR) is 73.7 cm³/mol. The first-order valence-electron chi connectivity index (χ1n) is 7.03. The second-order valence-electron chi connectivity index (χ2n) is 4.95. The van der Waals surface area contributed by atoms with Gasteiger partial charge >= 0.3 is 6.03 Å². The lowest BCUT2D eigenvalue weighted by molar-refractivity contribution is 0.216. The number of carbonyl (C=O) groups excluding carboxylic acids is 1. The normalized spacial score (nSPS) is 17.3. The molecule has 0 aromatic carbocycles. The first-order chi connectivity index (χ1) is 9.29. The van der Waals surface area contributed by atoms with E-state index in [1.165, 1.54) is 12.8 Å². The molecule has 0 aliphatic carbocycles. The number of likely N-dealkylation sites (tertiary alicyclic amines) is 1. The zero-order valence-electron chi connectivity index (χ0n) is 11.5. The van der Waals surface area contributed by atoms with Crippen LogP contribution in [0.1, 0.15) is 31.9 Å². The standard InChI is InChI=1S/C13H23N5O/c1-2-12(18-7-3-4-8-18)10-15-13(19)14-9-11-5-6-16-17-11/h5-6,12H,2-4,7-10H2,1H3,(H,16,17)(H2,14,15,19)/t12-/m1/s1. The summed E-state index contributed by atoms with van der Waals surface area (Å²) in [6.45, 7) is 5.69. The number of rotatable bonds is 6. The number of hydrogen-bond donors (Lipinski definition) is 3. The van der Waals surface area contributed by atoms with Gasteiger partial charge in [0.25, 0.3) is 0 Å². The van der Waals surface area contributed by atoms with E-state index in [4.69, 9.17) is 0 Å². The number of hydrogen-bond acceptors (Lipinski definition) is 3. The van der Waals surface area contributed by atoms with Gasteiger partial charge in [0.2, 0.25) is 0 Å². The minimum absolute atomic E-state index is 0.118. The molecule has 1 aliphatic rings. The van der Waals surface area contributed by atoms with E-state index < -0.39 is 0 Å². The molecule has 0 spiro atoms. The molecule has 1 aliphatic heterocycles. The highest BCUT2D eigenvalue weighted by atomic mass is 16.2. The van der Waals surface area contributed by atoms with Crippen LogP contribution in [0.25, 0.3) is 0 Å². The summed E-state index contributed by atoms with van der Waals surface area (Å²) in [5, 5.41) is 12.4. The lowest BCUT2D eigenvalue weighted by atomic mass is 10.2. The monoisotopic (exact) mass is 265 g/mol. The van der Waals surface area contributed by atoms with E-state index in [1.807, 2.05) is 6.07 Å². The Morgan fingerprint density at radius 3 is 2.89 bits per heavy atom. The van der Waals surface area contributed by atoms with Crippen LogP contribution >= 0.6 is 0 Å². The topological polar surface area (TPSA) is 73.0 Å². The molecule has 6 heteroatoms. The number of aromatic nitrogens is 2. The molecule has 1 fully saturated rings. The first-order valence-corrected chi connectivity index (χ1v) is 7.03. The van der Waals surface area contributed by atoms with Gasteiger partial charge in [-0.25, -0.2) is 4.79 Å². The van der Waals surface area contributed by atoms with Crippen molar-refractivity contribution in [3.05, 3.63) is 18.0 Å². The van der Waals surface area contributed by atoms with Gasteiger partial charge < -0.3 is 10.6 Å². The van der Waals surface area contributed by atoms with Crippen molar-refractivity contribution >= 4 is 6.03 Å². The maximum absolute atomic E-state index is 11.7. The van der Waals surface area contributed by atoms with Crippen LogP contribution in [0.5, 0.6) is 0 Å². The maximum Gasteiger partial charge on any atom is 0.315 e. The minimum Gasteiger partial charge on any atom is -0.337 e. The summed E-state index contributed by atoms with van der Waals surface area (Å²) in [6, 6.07) is 2.19. The molecule has 0 radical (unpaired) electrons. The van der Waals surface area contributed by atoms with Gasteiger partial charge in [0.05, 0.1) is 12.2 Å². The van der Waals surface area contributed by atoms with Gasteiger partial charge in [-0.3, -0.25) is 10.00 Å². The molecule has 1 saturated heterocycles. The Kier molecular flexibility index (Phi) is 5.20. The second kappa shape index (κ2) is 7.13. The first kappa shape index (κ1) is 13.9. The molecule has 3 N–H and O–H groups in total. The van der Waals surface area contributed by atoms with Crippen molar-refractivity contribution in [3.63, 3.8) is 0 Å². The van der Waals surface area contributed by atoms with E-state index >= 15 is 0 Å². The zero-order chi connectivity index (χ0) is 13.5. The fourth-order valence-electron chi connectivity index (χ4n) is 2.47. The molecule has 0 bridgehead atoms. The predicted octanol–water partition coefficient (Wildman–Crippen LogP) is 1.08. The lowest BCUT2D eigenvalue weighted by Gasteiger charge is -2.26. The molecule has 1 atom stereocenters. The molecule has 2 rings (SSSR count). The highest BCUT2D eigenvalue weighted by Gasteiger charge is 2.20. The van der Waals surface area contributed by atoms with Gasteiger partial charge in [0.1, 0.15) is 0 Å². The molecule has 6 nitrogen and oxygen atoms in total. The van der Waals surface area contributed by atoms with Crippen molar-refractivity contribution in [3.8, 4) is 0 Å². The average Bonchev–Trinajstić information content (AvgIpc) is 3.10. The van der Waals surface area contributed by atoms with Gasteiger partial charge in [-0.2, -0.15) is 5.10 Å². The van der Waals surface area contributed by atoms with Crippen LogP contribution in [0.3, 0.4) is 0 Å². The van der Waals surface area contributed by atoms with Gasteiger partial charge in [-0.15, -0.1) is 0 Å². The smallest absolute Gasteiger partial charge is 0.315 e. The fraction of sp³-hybridized carbons (Fsp3) is 0.692. The van der Waals surface area contributed by atoms with Crippen molar-refractivity contribution in [1.82, 2.24) is 25.7 Å². The van der Waals surface area contributed by atoms with Gasteiger partial charge in [0, 0.05) is 18.8 Å². The van der Waals surface area contributed by atoms with E-state index in [9.17, 15) is 4.79 Å². The number of carbonyl (C=O) groups is 1. The summed E-state index contributed by atoms with van der Waals surface area (Å²) in [5.74, 6) is 0. The van der Waals surface area contributed by atoms with Crippen LogP contribution in [-0.4, -0.2) is 46.8 Å². The second-order valence-corrected chi connectivity index (χ2v) is 4.95. The van der Waals surface area contributed by atoms with Crippen molar-refractivity contribution in [2.75, 3.05) is 19.6 Å². The van der Waals surface area contributed by atoms with E-state index in [2.05, 4.69) is 32.7 Å². The molecular weight excluding hydrogens is 242 g/mol. The Morgan fingerprint density at radius 2 is 2.26 bits per heavy atom. The molecule has 1 aromatic heterocycles. The van der Waals surface area contributed by atoms with Crippen molar-refractivity contribution in [1.29, 1.82) is 0 Å². The van der Waals surface area contributed by atoms with E-state index in [1.54, 1.807) is 6.20 Å². The number of urea groups is 1. The van der Waals surface area contributed by atoms with Crippen molar-refractivity contribution < 1.29 is 4.79 Å². The molecule has 2 heterocycles. The number of aromatic amines is 1. The Bertz CT molecular complexity index is 372. The van der Waals surface area contributed by atoms with Crippen LogP contribution in [0, 0.1) is 0 Å². The molecule has 0 unspecified atom stereocenters. The summed E-state index contributed by atoms with van der Waals surface area (Å²) >= 11 is 0. The third-order valence-electron chi connectivity index (χ3n) is 3.62. The summed E-state index contributed by atoms with van der Waals surface area (Å²) < 4.78 is 0. The largest absolute Gasteiger partial charge is 0.337 e. The van der Waals surface area contributed by atoms with Crippen molar-refractivity contribution in [2.45, 2.75) is 38.8 Å². The summed E-state index contributed by atoms with van der Waals surface area (Å²) in [6.07, 6.45) is 5.31. The Balaban J connectivity index is 1.66. The van der Waals surface area contributed by atoms with Crippen LogP contribution < -0.4 is 10.6 Å². The molecular formula is C13H23N5O. The van der Waals surface area contributed by atoms with Gasteiger partial charge in [0.15, 0.2) is 0 Å². The van der Waals surface area contributed by atoms with E-state index in [-0.39, 0.29) is 6.03 Å². The number of nitrogens with zero attached hydrogens (tertiary/aromatic N) is 2. The van der Waals surface area contributed by atoms with Crippen LogP contribution in [0.2, 0.25) is 0 Å². The number of nitrogens with one attached hydrogen (secondary N) is 3. The van der Waals surface area contributed by atoms with Crippen LogP contribution in [0.15, 0.2) is 12.3 Å². The Hall–Kier alpha value is -1.56. The number of H-pyrrole nitrogens is 1. The average molecular weight is 265 g/mol. The lowest BCUT2D eigenvalue weighted by Crippen LogP contribution is -2.45. The summed E-state index contributed by atoms with van der Waals surface area (Å²) in [7, 11) is 0. The van der Waals surface area contributed by atoms with E-state index in [0.717, 1.165) is 25.2 Å². The molecule has 2 amide bonds. The van der Waals surface area contributed by atoms with Crippen LogP contribution in [-0.2, 0) is 6.54 Å². The van der Waals surface area contributed by atoms with Crippen molar-refractivity contribution in [2.24, 2.45) is 0 Å². The quantitative estimate of drug-likeness (QED) is 0.720.